The van der Waals surface area contributed by atoms with Gasteiger partial charge in [0.15, 0.2) is 0 Å². The molecule has 1 amide bonds. The molecule has 102 valence electrons. The topological polar surface area (TPSA) is 95.8 Å². The summed E-state index contributed by atoms with van der Waals surface area (Å²) >= 11 is 0. The highest BCUT2D eigenvalue weighted by Crippen LogP contribution is 2.16. The van der Waals surface area contributed by atoms with Gasteiger partial charge in [-0.25, -0.2) is 4.98 Å². The molecular formula is C13H19N5O. The first-order chi connectivity index (χ1) is 9.04. The van der Waals surface area contributed by atoms with Crippen LogP contribution < -0.4 is 16.4 Å². The summed E-state index contributed by atoms with van der Waals surface area (Å²) in [6, 6.07) is 5.67. The molecule has 2 rings (SSSR count). The van der Waals surface area contributed by atoms with Crippen LogP contribution in [0.1, 0.15) is 20.3 Å². The van der Waals surface area contributed by atoms with E-state index in [2.05, 4.69) is 20.6 Å². The van der Waals surface area contributed by atoms with Crippen LogP contribution in [-0.4, -0.2) is 28.5 Å². The Morgan fingerprint density at radius 1 is 1.47 bits per heavy atom. The quantitative estimate of drug-likeness (QED) is 0.613. The van der Waals surface area contributed by atoms with Gasteiger partial charge in [0.1, 0.15) is 0 Å². The summed E-state index contributed by atoms with van der Waals surface area (Å²) in [4.78, 5) is 18.9. The van der Waals surface area contributed by atoms with Crippen LogP contribution >= 0.6 is 0 Å². The molecule has 0 aliphatic rings. The number of carbonyl (C=O) groups excluding carboxylic acids is 1. The van der Waals surface area contributed by atoms with Crippen LogP contribution in [0.2, 0.25) is 0 Å². The minimum atomic E-state index is 0.0304. The van der Waals surface area contributed by atoms with Crippen molar-refractivity contribution in [3.63, 3.8) is 0 Å². The Kier molecular flexibility index (Phi) is 3.89. The fourth-order valence-electron chi connectivity index (χ4n) is 1.80. The van der Waals surface area contributed by atoms with Crippen molar-refractivity contribution in [1.82, 2.24) is 15.3 Å². The summed E-state index contributed by atoms with van der Waals surface area (Å²) in [6.45, 7) is 4.41. The van der Waals surface area contributed by atoms with E-state index in [1.165, 1.54) is 0 Å². The van der Waals surface area contributed by atoms with Crippen LogP contribution in [0.5, 0.6) is 0 Å². The molecular weight excluding hydrogens is 242 g/mol. The van der Waals surface area contributed by atoms with Crippen LogP contribution in [0.15, 0.2) is 18.2 Å². The number of imidazole rings is 1. The predicted octanol–water partition coefficient (Wildman–Crippen LogP) is 1.47. The molecule has 0 atom stereocenters. The van der Waals surface area contributed by atoms with Gasteiger partial charge in [-0.15, -0.1) is 0 Å². The predicted molar refractivity (Wildman–Crippen MR) is 76.9 cm³/mol. The number of rotatable bonds is 5. The number of nitrogen functional groups attached to an aromatic ring is 1. The maximum Gasteiger partial charge on any atom is 0.221 e. The Bertz CT molecular complexity index is 575. The van der Waals surface area contributed by atoms with E-state index in [0.717, 1.165) is 11.0 Å². The summed E-state index contributed by atoms with van der Waals surface area (Å²) < 4.78 is 0. The van der Waals surface area contributed by atoms with Gasteiger partial charge in [0.05, 0.1) is 11.0 Å². The van der Waals surface area contributed by atoms with Gasteiger partial charge >= 0.3 is 0 Å². The lowest BCUT2D eigenvalue weighted by atomic mass is 10.3. The summed E-state index contributed by atoms with van der Waals surface area (Å²) in [6.07, 6.45) is 0.414. The summed E-state index contributed by atoms with van der Waals surface area (Å²) in [5.74, 6) is 0.681. The fraction of sp³-hybridized carbons (Fsp3) is 0.385. The number of hydrogen-bond acceptors (Lipinski definition) is 4. The first-order valence-corrected chi connectivity index (χ1v) is 6.33. The van der Waals surface area contributed by atoms with Crippen LogP contribution in [0.3, 0.4) is 0 Å². The van der Waals surface area contributed by atoms with Crippen molar-refractivity contribution in [3.05, 3.63) is 18.2 Å². The third-order valence-corrected chi connectivity index (χ3v) is 2.60. The highest BCUT2D eigenvalue weighted by molar-refractivity contribution is 5.81. The molecule has 0 unspecified atom stereocenters. The van der Waals surface area contributed by atoms with E-state index in [-0.39, 0.29) is 11.9 Å². The molecule has 0 saturated carbocycles. The van der Waals surface area contributed by atoms with E-state index in [9.17, 15) is 4.79 Å². The van der Waals surface area contributed by atoms with E-state index in [4.69, 9.17) is 5.73 Å². The third-order valence-electron chi connectivity index (χ3n) is 2.60. The van der Waals surface area contributed by atoms with Crippen molar-refractivity contribution in [2.45, 2.75) is 26.3 Å². The number of nitrogens with two attached hydrogens (primary N) is 1. The molecule has 0 saturated heterocycles. The van der Waals surface area contributed by atoms with Gasteiger partial charge in [-0.3, -0.25) is 4.79 Å². The van der Waals surface area contributed by atoms with Gasteiger partial charge < -0.3 is 21.4 Å². The largest absolute Gasteiger partial charge is 0.399 e. The number of nitrogens with one attached hydrogen (secondary N) is 3. The van der Waals surface area contributed by atoms with E-state index in [1.807, 2.05) is 32.0 Å². The highest BCUT2D eigenvalue weighted by atomic mass is 16.1. The lowest BCUT2D eigenvalue weighted by molar-refractivity contribution is -0.121. The van der Waals surface area contributed by atoms with E-state index in [1.54, 1.807) is 0 Å². The number of fused-ring (bicyclic) bond motifs is 1. The molecule has 2 aromatic rings. The van der Waals surface area contributed by atoms with Crippen molar-refractivity contribution in [1.29, 1.82) is 0 Å². The summed E-state index contributed by atoms with van der Waals surface area (Å²) in [5, 5.41) is 5.93. The second-order valence-corrected chi connectivity index (χ2v) is 4.76. The summed E-state index contributed by atoms with van der Waals surface area (Å²) in [5.41, 5.74) is 8.13. The van der Waals surface area contributed by atoms with E-state index in [0.29, 0.717) is 24.6 Å². The smallest absolute Gasteiger partial charge is 0.221 e. The number of anilines is 2. The zero-order chi connectivity index (χ0) is 13.8. The molecule has 0 radical (unpaired) electrons. The molecule has 1 aromatic heterocycles. The van der Waals surface area contributed by atoms with Crippen LogP contribution in [0.25, 0.3) is 11.0 Å². The molecule has 0 aliphatic carbocycles. The minimum Gasteiger partial charge on any atom is -0.399 e. The van der Waals surface area contributed by atoms with Crippen molar-refractivity contribution >= 4 is 28.6 Å². The van der Waals surface area contributed by atoms with Crippen molar-refractivity contribution in [3.8, 4) is 0 Å². The minimum absolute atomic E-state index is 0.0304. The molecule has 1 aromatic carbocycles. The fourth-order valence-corrected chi connectivity index (χ4v) is 1.80. The zero-order valence-electron chi connectivity index (χ0n) is 11.2. The van der Waals surface area contributed by atoms with Gasteiger partial charge in [-0.2, -0.15) is 0 Å². The Hall–Kier alpha value is -2.24. The second-order valence-electron chi connectivity index (χ2n) is 4.76. The molecule has 6 heteroatoms. The number of nitrogens with zero attached hydrogens (tertiary/aromatic N) is 1. The average molecular weight is 261 g/mol. The molecule has 0 spiro atoms. The molecule has 0 bridgehead atoms. The molecule has 0 fully saturated rings. The first-order valence-electron chi connectivity index (χ1n) is 6.33. The Labute approximate surface area is 111 Å². The third kappa shape index (κ3) is 3.61. The number of amides is 1. The lowest BCUT2D eigenvalue weighted by Crippen LogP contribution is -2.31. The number of benzene rings is 1. The Morgan fingerprint density at radius 3 is 3.00 bits per heavy atom. The molecule has 1 heterocycles. The SMILES string of the molecule is CC(C)NC(=O)CCNc1nc2ccc(N)cc2[nH]1. The van der Waals surface area contributed by atoms with Gasteiger partial charge in [-0.1, -0.05) is 0 Å². The number of H-pyrrole nitrogens is 1. The number of hydrogen-bond donors (Lipinski definition) is 4. The molecule has 5 N–H and O–H groups in total. The van der Waals surface area contributed by atoms with Gasteiger partial charge in [0.25, 0.3) is 0 Å². The van der Waals surface area contributed by atoms with Crippen LogP contribution in [-0.2, 0) is 4.79 Å². The second kappa shape index (κ2) is 5.60. The maximum absolute atomic E-state index is 11.5. The maximum atomic E-state index is 11.5. The first kappa shape index (κ1) is 13.2. The monoisotopic (exact) mass is 261 g/mol. The molecule has 19 heavy (non-hydrogen) atoms. The van der Waals surface area contributed by atoms with E-state index < -0.39 is 0 Å². The van der Waals surface area contributed by atoms with E-state index >= 15 is 0 Å². The number of carbonyl (C=O) groups is 1. The van der Waals surface area contributed by atoms with Crippen LogP contribution in [0, 0.1) is 0 Å². The lowest BCUT2D eigenvalue weighted by Gasteiger charge is -2.08. The van der Waals surface area contributed by atoms with Crippen molar-refractivity contribution in [2.75, 3.05) is 17.6 Å². The molecule has 0 aliphatic heterocycles. The zero-order valence-corrected chi connectivity index (χ0v) is 11.2. The van der Waals surface area contributed by atoms with Crippen molar-refractivity contribution < 1.29 is 4.79 Å². The number of aromatic nitrogens is 2. The van der Waals surface area contributed by atoms with Gasteiger partial charge in [0.2, 0.25) is 11.9 Å². The highest BCUT2D eigenvalue weighted by Gasteiger charge is 2.05. The standard InChI is InChI=1S/C13H19N5O/c1-8(2)16-12(19)5-6-15-13-17-10-4-3-9(14)7-11(10)18-13/h3-4,7-8H,5-6,14H2,1-2H3,(H,16,19)(H2,15,17,18). The number of aromatic amines is 1. The van der Waals surface area contributed by atoms with Gasteiger partial charge in [0, 0.05) is 24.7 Å². The Balaban J connectivity index is 1.89. The van der Waals surface area contributed by atoms with Crippen LogP contribution in [0.4, 0.5) is 11.6 Å². The Morgan fingerprint density at radius 2 is 2.26 bits per heavy atom. The van der Waals surface area contributed by atoms with Gasteiger partial charge in [-0.05, 0) is 32.0 Å². The van der Waals surface area contributed by atoms with Crippen molar-refractivity contribution in [2.24, 2.45) is 0 Å². The normalized spacial score (nSPS) is 10.9. The summed E-state index contributed by atoms with van der Waals surface area (Å²) in [7, 11) is 0. The molecule has 6 nitrogen and oxygen atoms in total. The average Bonchev–Trinajstić information content (AvgIpc) is 2.69.